The smallest absolute Gasteiger partial charge is 0.242 e. The Morgan fingerprint density at radius 2 is 1.89 bits per heavy atom. The van der Waals surface area contributed by atoms with Gasteiger partial charge in [0.25, 0.3) is 0 Å². The number of aryl methyl sites for hydroxylation is 2. The number of nitrogens with zero attached hydrogens (tertiary/aromatic N) is 3. The van der Waals surface area contributed by atoms with E-state index in [9.17, 15) is 8.42 Å². The predicted octanol–water partition coefficient (Wildman–Crippen LogP) is 3.88. The highest BCUT2D eigenvalue weighted by atomic mass is 32.2. The van der Waals surface area contributed by atoms with Gasteiger partial charge in [-0.25, -0.2) is 8.42 Å². The summed E-state index contributed by atoms with van der Waals surface area (Å²) in [5, 5.41) is 4.06. The summed E-state index contributed by atoms with van der Waals surface area (Å²) in [5.41, 5.74) is 4.19. The summed E-state index contributed by atoms with van der Waals surface area (Å²) >= 11 is 0. The summed E-state index contributed by atoms with van der Waals surface area (Å²) in [4.78, 5) is 4.46. The Bertz CT molecular complexity index is 1090. The summed E-state index contributed by atoms with van der Waals surface area (Å²) in [6.07, 6.45) is 3.94. The quantitative estimate of drug-likeness (QED) is 0.653. The summed E-state index contributed by atoms with van der Waals surface area (Å²) in [6.45, 7) is 2.05. The minimum atomic E-state index is -3.46. The molecule has 0 N–H and O–H groups in total. The lowest BCUT2D eigenvalue weighted by atomic mass is 9.88. The maximum atomic E-state index is 12.6. The summed E-state index contributed by atoms with van der Waals surface area (Å²) in [5.74, 6) is 0.775. The van der Waals surface area contributed by atoms with E-state index in [0.29, 0.717) is 11.7 Å². The first-order chi connectivity index (χ1) is 13.4. The van der Waals surface area contributed by atoms with Gasteiger partial charge in [0.15, 0.2) is 0 Å². The van der Waals surface area contributed by atoms with Crippen molar-refractivity contribution in [2.75, 3.05) is 6.26 Å². The van der Waals surface area contributed by atoms with E-state index >= 15 is 0 Å². The molecule has 6 nitrogen and oxygen atoms in total. The van der Waals surface area contributed by atoms with Crippen molar-refractivity contribution in [3.8, 4) is 11.4 Å². The van der Waals surface area contributed by atoms with Crippen LogP contribution in [0, 0.1) is 6.92 Å². The van der Waals surface area contributed by atoms with Crippen LogP contribution in [0.5, 0.6) is 0 Å². The van der Waals surface area contributed by atoms with Gasteiger partial charge < -0.3 is 4.52 Å². The van der Waals surface area contributed by atoms with Gasteiger partial charge >= 0.3 is 0 Å². The minimum absolute atomic E-state index is 0.0662. The van der Waals surface area contributed by atoms with Crippen LogP contribution in [-0.2, 0) is 23.0 Å². The molecule has 4 rings (SSSR count). The number of aromatic nitrogens is 2. The third-order valence-corrected chi connectivity index (χ3v) is 6.49. The van der Waals surface area contributed by atoms with E-state index in [1.54, 1.807) is 0 Å². The molecule has 1 aliphatic rings. The number of benzene rings is 2. The number of rotatable bonds is 5. The Morgan fingerprint density at radius 1 is 1.14 bits per heavy atom. The second-order valence-electron chi connectivity index (χ2n) is 7.24. The molecule has 3 aromatic rings. The van der Waals surface area contributed by atoms with Crippen LogP contribution >= 0.6 is 0 Å². The van der Waals surface area contributed by atoms with Crippen LogP contribution in [0.15, 0.2) is 53.1 Å². The molecule has 0 saturated carbocycles. The van der Waals surface area contributed by atoms with E-state index in [4.69, 9.17) is 4.52 Å². The van der Waals surface area contributed by atoms with Gasteiger partial charge in [-0.2, -0.15) is 9.29 Å². The molecule has 28 heavy (non-hydrogen) atoms. The van der Waals surface area contributed by atoms with E-state index in [0.717, 1.165) is 36.0 Å². The molecule has 1 atom stereocenters. The summed E-state index contributed by atoms with van der Waals surface area (Å²) in [6, 6.07) is 15.6. The Balaban J connectivity index is 1.66. The van der Waals surface area contributed by atoms with Gasteiger partial charge in [0.1, 0.15) is 0 Å². The van der Waals surface area contributed by atoms with Gasteiger partial charge in [-0.3, -0.25) is 0 Å². The molecule has 1 aromatic heterocycles. The van der Waals surface area contributed by atoms with Crippen LogP contribution in [0.4, 0.5) is 0 Å². The van der Waals surface area contributed by atoms with Crippen molar-refractivity contribution in [3.05, 3.63) is 71.1 Å². The zero-order valence-corrected chi connectivity index (χ0v) is 16.8. The molecular weight excluding hydrogens is 374 g/mol. The second kappa shape index (κ2) is 7.48. The molecular formula is C21H23N3O3S. The van der Waals surface area contributed by atoms with E-state index in [1.165, 1.54) is 16.1 Å². The molecule has 2 aromatic carbocycles. The van der Waals surface area contributed by atoms with Crippen LogP contribution in [0.2, 0.25) is 0 Å². The molecule has 0 fully saturated rings. The molecule has 146 valence electrons. The average molecular weight is 398 g/mol. The van der Waals surface area contributed by atoms with Crippen molar-refractivity contribution in [3.63, 3.8) is 0 Å². The number of hydrogen-bond donors (Lipinski definition) is 0. The fourth-order valence-corrected chi connectivity index (χ4v) is 4.90. The zero-order valence-electron chi connectivity index (χ0n) is 16.0. The number of sulfonamides is 1. The van der Waals surface area contributed by atoms with Crippen molar-refractivity contribution >= 4 is 10.0 Å². The average Bonchev–Trinajstić information content (AvgIpc) is 3.14. The van der Waals surface area contributed by atoms with Gasteiger partial charge in [0, 0.05) is 5.56 Å². The van der Waals surface area contributed by atoms with Crippen LogP contribution in [0.3, 0.4) is 0 Å². The lowest BCUT2D eigenvalue weighted by Gasteiger charge is -2.33. The first-order valence-electron chi connectivity index (χ1n) is 9.36. The Labute approximate surface area is 165 Å². The van der Waals surface area contributed by atoms with Crippen molar-refractivity contribution in [2.24, 2.45) is 0 Å². The molecule has 1 aliphatic carbocycles. The highest BCUT2D eigenvalue weighted by molar-refractivity contribution is 7.88. The number of fused-ring (bicyclic) bond motifs is 1. The molecule has 1 unspecified atom stereocenters. The topological polar surface area (TPSA) is 76.3 Å². The molecule has 0 saturated heterocycles. The Morgan fingerprint density at radius 3 is 2.68 bits per heavy atom. The molecule has 0 radical (unpaired) electrons. The first-order valence-corrected chi connectivity index (χ1v) is 11.2. The maximum absolute atomic E-state index is 12.6. The minimum Gasteiger partial charge on any atom is -0.338 e. The SMILES string of the molecule is Cc1ccccc1-c1noc(CN(C2CCCc3ccccc32)S(C)(=O)=O)n1. The van der Waals surface area contributed by atoms with Crippen molar-refractivity contribution in [1.82, 2.24) is 14.4 Å². The second-order valence-corrected chi connectivity index (χ2v) is 9.18. The van der Waals surface area contributed by atoms with Gasteiger partial charge in [-0.1, -0.05) is 53.7 Å². The monoisotopic (exact) mass is 397 g/mol. The van der Waals surface area contributed by atoms with E-state index in [1.807, 2.05) is 49.4 Å². The lowest BCUT2D eigenvalue weighted by molar-refractivity contribution is 0.251. The van der Waals surface area contributed by atoms with Gasteiger partial charge in [0.2, 0.25) is 21.7 Å². The van der Waals surface area contributed by atoms with Crippen molar-refractivity contribution < 1.29 is 12.9 Å². The fraction of sp³-hybridized carbons (Fsp3) is 0.333. The Hall–Kier alpha value is -2.51. The number of hydrogen-bond acceptors (Lipinski definition) is 5. The molecule has 0 aliphatic heterocycles. The third kappa shape index (κ3) is 3.72. The van der Waals surface area contributed by atoms with Crippen LogP contribution in [-0.4, -0.2) is 29.1 Å². The lowest BCUT2D eigenvalue weighted by Crippen LogP contribution is -2.35. The third-order valence-electron chi connectivity index (χ3n) is 5.26. The Kier molecular flexibility index (Phi) is 5.03. The van der Waals surface area contributed by atoms with Crippen LogP contribution < -0.4 is 0 Å². The molecule has 7 heteroatoms. The fourth-order valence-electron chi connectivity index (χ4n) is 3.87. The molecule has 0 spiro atoms. The van der Waals surface area contributed by atoms with Crippen molar-refractivity contribution in [1.29, 1.82) is 0 Å². The zero-order chi connectivity index (χ0) is 19.7. The standard InChI is InChI=1S/C21H23N3O3S/c1-15-8-3-5-11-17(15)21-22-20(27-23-21)14-24(28(2,25)26)19-13-7-10-16-9-4-6-12-18(16)19/h3-6,8-9,11-12,19H,7,10,13-14H2,1-2H3. The predicted molar refractivity (Wildman–Crippen MR) is 107 cm³/mol. The highest BCUT2D eigenvalue weighted by Gasteiger charge is 2.33. The van der Waals surface area contributed by atoms with Gasteiger partial charge in [-0.15, -0.1) is 0 Å². The largest absolute Gasteiger partial charge is 0.338 e. The van der Waals surface area contributed by atoms with Gasteiger partial charge in [-0.05, 0) is 42.9 Å². The van der Waals surface area contributed by atoms with Crippen LogP contribution in [0.1, 0.15) is 41.5 Å². The molecule has 0 bridgehead atoms. The molecule has 0 amide bonds. The van der Waals surface area contributed by atoms with E-state index in [2.05, 4.69) is 16.2 Å². The van der Waals surface area contributed by atoms with Gasteiger partial charge in [0.05, 0.1) is 18.8 Å². The molecule has 1 heterocycles. The first kappa shape index (κ1) is 18.8. The van der Waals surface area contributed by atoms with E-state index in [-0.39, 0.29) is 12.6 Å². The highest BCUT2D eigenvalue weighted by Crippen LogP contribution is 2.36. The summed E-state index contributed by atoms with van der Waals surface area (Å²) in [7, 11) is -3.46. The van der Waals surface area contributed by atoms with E-state index < -0.39 is 10.0 Å². The normalized spacial score (nSPS) is 16.9. The maximum Gasteiger partial charge on any atom is 0.242 e. The van der Waals surface area contributed by atoms with Crippen molar-refractivity contribution in [2.45, 2.75) is 38.8 Å². The van der Waals surface area contributed by atoms with Crippen LogP contribution in [0.25, 0.3) is 11.4 Å². The summed E-state index contributed by atoms with van der Waals surface area (Å²) < 4.78 is 32.1.